The molecule has 0 spiro atoms. The summed E-state index contributed by atoms with van der Waals surface area (Å²) in [6.07, 6.45) is 3.81. The van der Waals surface area contributed by atoms with Crippen LogP contribution in [0.4, 0.5) is 0 Å². The Kier molecular flexibility index (Phi) is 8.54. The van der Waals surface area contributed by atoms with Gasteiger partial charge >= 0.3 is 0 Å². The van der Waals surface area contributed by atoms with Gasteiger partial charge < -0.3 is 14.1 Å². The Morgan fingerprint density at radius 2 is 1.63 bits per heavy atom. The van der Waals surface area contributed by atoms with Gasteiger partial charge in [0.1, 0.15) is 12.0 Å². The summed E-state index contributed by atoms with van der Waals surface area (Å²) in [5.74, 6) is 0.441. The number of benzene rings is 2. The molecule has 1 aliphatic heterocycles. The minimum absolute atomic E-state index is 0.108. The number of methoxy groups -OCH3 is 1. The molecule has 38 heavy (non-hydrogen) atoms. The van der Waals surface area contributed by atoms with E-state index in [1.54, 1.807) is 45.0 Å². The van der Waals surface area contributed by atoms with E-state index in [1.807, 2.05) is 12.1 Å². The van der Waals surface area contributed by atoms with E-state index in [0.29, 0.717) is 23.4 Å². The summed E-state index contributed by atoms with van der Waals surface area (Å²) >= 11 is 0. The first-order chi connectivity index (χ1) is 18.1. The molecule has 1 aliphatic rings. The Morgan fingerprint density at radius 3 is 2.24 bits per heavy atom. The van der Waals surface area contributed by atoms with Crippen LogP contribution in [0.1, 0.15) is 51.5 Å². The van der Waals surface area contributed by atoms with Gasteiger partial charge in [-0.05, 0) is 74.2 Å². The van der Waals surface area contributed by atoms with Crippen molar-refractivity contribution in [1.82, 2.24) is 19.1 Å². The SMILES string of the molecule is COc1cc(C)c(S(=O)(=O)N(C)Cc2nc(C(=O)N(C)Cc3ccc(CN4CCCC4)cc3)co2)c(C)c1. The number of likely N-dealkylation sites (tertiary alicyclic amines) is 1. The number of rotatable bonds is 10. The third kappa shape index (κ3) is 6.25. The lowest BCUT2D eigenvalue weighted by molar-refractivity contribution is 0.0779. The molecule has 2 heterocycles. The zero-order chi connectivity index (χ0) is 27.4. The van der Waals surface area contributed by atoms with Crippen molar-refractivity contribution in [3.05, 3.63) is 76.5 Å². The van der Waals surface area contributed by atoms with Crippen molar-refractivity contribution >= 4 is 15.9 Å². The fraction of sp³-hybridized carbons (Fsp3) is 0.429. The van der Waals surface area contributed by atoms with Crippen LogP contribution < -0.4 is 4.74 Å². The first-order valence-electron chi connectivity index (χ1n) is 12.7. The summed E-state index contributed by atoms with van der Waals surface area (Å²) in [6.45, 7) is 7.04. The Bertz CT molecular complexity index is 1360. The average Bonchev–Trinajstić information content (AvgIpc) is 3.56. The van der Waals surface area contributed by atoms with Crippen LogP contribution in [0, 0.1) is 13.8 Å². The number of hydrogen-bond donors (Lipinski definition) is 0. The van der Waals surface area contributed by atoms with Crippen LogP contribution in [0.3, 0.4) is 0 Å². The largest absolute Gasteiger partial charge is 0.497 e. The predicted molar refractivity (Wildman–Crippen MR) is 144 cm³/mol. The number of nitrogens with zero attached hydrogens (tertiary/aromatic N) is 4. The molecule has 0 bridgehead atoms. The van der Waals surface area contributed by atoms with Gasteiger partial charge in [0.2, 0.25) is 15.9 Å². The first-order valence-corrected chi connectivity index (χ1v) is 14.1. The second-order valence-electron chi connectivity index (χ2n) is 9.94. The van der Waals surface area contributed by atoms with E-state index in [9.17, 15) is 13.2 Å². The van der Waals surface area contributed by atoms with Gasteiger partial charge in [-0.1, -0.05) is 24.3 Å². The van der Waals surface area contributed by atoms with Gasteiger partial charge in [-0.2, -0.15) is 4.31 Å². The third-order valence-corrected chi connectivity index (χ3v) is 8.97. The quantitative estimate of drug-likeness (QED) is 0.384. The van der Waals surface area contributed by atoms with Crippen LogP contribution >= 0.6 is 0 Å². The highest BCUT2D eigenvalue weighted by Gasteiger charge is 2.27. The topological polar surface area (TPSA) is 96.2 Å². The molecule has 3 aromatic rings. The predicted octanol–water partition coefficient (Wildman–Crippen LogP) is 3.99. The van der Waals surface area contributed by atoms with E-state index in [4.69, 9.17) is 9.15 Å². The monoisotopic (exact) mass is 540 g/mol. The summed E-state index contributed by atoms with van der Waals surface area (Å²) in [4.78, 5) is 21.5. The van der Waals surface area contributed by atoms with Crippen LogP contribution in [0.25, 0.3) is 0 Å². The molecule has 0 aliphatic carbocycles. The standard InChI is InChI=1S/C28H36N4O5S/c1-20-14-24(36-5)15-21(2)27(20)38(34,35)31(4)18-26-29-25(19-37-26)28(33)30(3)16-22-8-10-23(11-9-22)17-32-12-6-7-13-32/h8-11,14-15,19H,6-7,12-13,16-18H2,1-5H3. The van der Waals surface area contributed by atoms with Crippen LogP contribution in [0.5, 0.6) is 5.75 Å². The molecule has 9 nitrogen and oxygen atoms in total. The van der Waals surface area contributed by atoms with Crippen molar-refractivity contribution < 1.29 is 22.4 Å². The second-order valence-corrected chi connectivity index (χ2v) is 11.9. The van der Waals surface area contributed by atoms with Crippen LogP contribution in [0.2, 0.25) is 0 Å². The molecule has 2 aromatic carbocycles. The van der Waals surface area contributed by atoms with Crippen molar-refractivity contribution in [2.24, 2.45) is 0 Å². The van der Waals surface area contributed by atoms with Crippen LogP contribution in [-0.4, -0.2) is 67.7 Å². The summed E-state index contributed by atoms with van der Waals surface area (Å²) in [5.41, 5.74) is 3.59. The normalized spacial score (nSPS) is 14.3. The number of amides is 1. The van der Waals surface area contributed by atoms with Gasteiger partial charge in [0.25, 0.3) is 5.91 Å². The lowest BCUT2D eigenvalue weighted by Crippen LogP contribution is -2.28. The molecule has 0 atom stereocenters. The number of oxazole rings is 1. The summed E-state index contributed by atoms with van der Waals surface area (Å²) in [7, 11) is 0.889. The highest BCUT2D eigenvalue weighted by molar-refractivity contribution is 7.89. The zero-order valence-electron chi connectivity index (χ0n) is 22.7. The Labute approximate surface area is 225 Å². The van der Waals surface area contributed by atoms with E-state index in [2.05, 4.69) is 22.0 Å². The Morgan fingerprint density at radius 1 is 1.03 bits per heavy atom. The minimum atomic E-state index is -3.82. The highest BCUT2D eigenvalue weighted by atomic mass is 32.2. The number of carbonyl (C=O) groups is 1. The van der Waals surface area contributed by atoms with Crippen molar-refractivity contribution in [2.45, 2.75) is 51.2 Å². The molecular formula is C28H36N4O5S. The summed E-state index contributed by atoms with van der Waals surface area (Å²) in [6, 6.07) is 11.7. The van der Waals surface area contributed by atoms with Crippen LogP contribution in [-0.2, 0) is 29.7 Å². The van der Waals surface area contributed by atoms with Crippen molar-refractivity contribution in [1.29, 1.82) is 0 Å². The highest BCUT2D eigenvalue weighted by Crippen LogP contribution is 2.28. The van der Waals surface area contributed by atoms with E-state index < -0.39 is 10.0 Å². The summed E-state index contributed by atoms with van der Waals surface area (Å²) < 4.78 is 38.5. The molecule has 4 rings (SSSR count). The minimum Gasteiger partial charge on any atom is -0.497 e. The fourth-order valence-electron chi connectivity index (χ4n) is 4.84. The molecule has 204 valence electrons. The zero-order valence-corrected chi connectivity index (χ0v) is 23.5. The van der Waals surface area contributed by atoms with Crippen molar-refractivity contribution in [3.63, 3.8) is 0 Å². The molecule has 1 saturated heterocycles. The van der Waals surface area contributed by atoms with E-state index in [-0.39, 0.29) is 28.9 Å². The molecule has 0 N–H and O–H groups in total. The number of sulfonamides is 1. The molecule has 1 aromatic heterocycles. The maximum atomic E-state index is 13.3. The van der Waals surface area contributed by atoms with Gasteiger partial charge in [-0.25, -0.2) is 13.4 Å². The maximum Gasteiger partial charge on any atom is 0.275 e. The Balaban J connectivity index is 1.38. The molecule has 0 saturated carbocycles. The number of aryl methyl sites for hydroxylation is 2. The Hall–Kier alpha value is -3.21. The molecule has 0 radical (unpaired) electrons. The van der Waals surface area contributed by atoms with Crippen molar-refractivity contribution in [2.75, 3.05) is 34.3 Å². The lowest BCUT2D eigenvalue weighted by atomic mass is 10.1. The van der Waals surface area contributed by atoms with Gasteiger partial charge in [0.15, 0.2) is 5.69 Å². The van der Waals surface area contributed by atoms with Crippen molar-refractivity contribution in [3.8, 4) is 5.75 Å². The number of hydrogen-bond acceptors (Lipinski definition) is 7. The van der Waals surface area contributed by atoms with E-state index >= 15 is 0 Å². The third-order valence-electron chi connectivity index (χ3n) is 6.86. The van der Waals surface area contributed by atoms with E-state index in [0.717, 1.165) is 25.2 Å². The number of carbonyl (C=O) groups excluding carboxylic acids is 1. The lowest BCUT2D eigenvalue weighted by Gasteiger charge is -2.19. The van der Waals surface area contributed by atoms with Gasteiger partial charge in [-0.3, -0.25) is 9.69 Å². The average molecular weight is 541 g/mol. The first kappa shape index (κ1) is 27.8. The number of aromatic nitrogens is 1. The molecular weight excluding hydrogens is 504 g/mol. The second kappa shape index (κ2) is 11.7. The van der Waals surface area contributed by atoms with E-state index in [1.165, 1.54) is 36.0 Å². The van der Waals surface area contributed by atoms with Gasteiger partial charge in [0.05, 0.1) is 18.6 Å². The van der Waals surface area contributed by atoms with Gasteiger partial charge in [-0.15, -0.1) is 0 Å². The molecule has 1 fully saturated rings. The smallest absolute Gasteiger partial charge is 0.275 e. The van der Waals surface area contributed by atoms with Gasteiger partial charge in [0, 0.05) is 27.2 Å². The molecule has 1 amide bonds. The molecule has 0 unspecified atom stereocenters. The number of ether oxygens (including phenoxy) is 1. The maximum absolute atomic E-state index is 13.3. The molecule has 10 heteroatoms. The van der Waals surface area contributed by atoms with Crippen LogP contribution in [0.15, 0.2) is 52.0 Å². The summed E-state index contributed by atoms with van der Waals surface area (Å²) in [5, 5.41) is 0. The fourth-order valence-corrected chi connectivity index (χ4v) is 6.36.